The Hall–Kier alpha value is -3.40. The molecule has 116 valence electrons. The van der Waals surface area contributed by atoms with Crippen LogP contribution in [0.1, 0.15) is 10.4 Å². The van der Waals surface area contributed by atoms with Gasteiger partial charge < -0.3 is 9.73 Å². The van der Waals surface area contributed by atoms with Crippen molar-refractivity contribution in [2.45, 2.75) is 0 Å². The lowest BCUT2D eigenvalue weighted by molar-refractivity contribution is 0.112. The van der Waals surface area contributed by atoms with Crippen LogP contribution >= 0.6 is 0 Å². The van der Waals surface area contributed by atoms with Crippen LogP contribution in [0.15, 0.2) is 75.9 Å². The minimum atomic E-state index is -0.338. The Morgan fingerprint density at radius 3 is 2.46 bits per heavy atom. The number of rotatable bonds is 3. The first-order chi connectivity index (χ1) is 11.8. The summed E-state index contributed by atoms with van der Waals surface area (Å²) in [4.78, 5) is 23.8. The van der Waals surface area contributed by atoms with E-state index in [-0.39, 0.29) is 16.9 Å². The summed E-state index contributed by atoms with van der Waals surface area (Å²) in [7, 11) is 0. The van der Waals surface area contributed by atoms with Crippen LogP contribution in [0.25, 0.3) is 21.7 Å². The number of para-hydroxylation sites is 1. The highest BCUT2D eigenvalue weighted by Crippen LogP contribution is 2.25. The summed E-state index contributed by atoms with van der Waals surface area (Å²) in [5, 5.41) is 5.61. The second kappa shape index (κ2) is 5.66. The lowest BCUT2D eigenvalue weighted by Gasteiger charge is -2.09. The van der Waals surface area contributed by atoms with E-state index < -0.39 is 0 Å². The van der Waals surface area contributed by atoms with Gasteiger partial charge in [0.2, 0.25) is 11.3 Å². The van der Waals surface area contributed by atoms with Crippen molar-refractivity contribution in [3.05, 3.63) is 82.5 Å². The molecule has 0 saturated carbocycles. The van der Waals surface area contributed by atoms with Gasteiger partial charge in [-0.3, -0.25) is 9.59 Å². The molecule has 0 spiro atoms. The van der Waals surface area contributed by atoms with Crippen LogP contribution in [-0.4, -0.2) is 6.29 Å². The van der Waals surface area contributed by atoms with Gasteiger partial charge in [0.05, 0.1) is 5.39 Å². The van der Waals surface area contributed by atoms with E-state index in [0.717, 1.165) is 16.5 Å². The molecule has 0 radical (unpaired) electrons. The molecule has 0 aliphatic rings. The van der Waals surface area contributed by atoms with Crippen molar-refractivity contribution in [3.8, 4) is 0 Å². The predicted octanol–water partition coefficient (Wildman–Crippen LogP) is 4.50. The molecule has 4 heteroatoms. The maximum Gasteiger partial charge on any atom is 0.212 e. The number of carbonyl (C=O) groups excluding carboxylic acids is 1. The smallest absolute Gasteiger partial charge is 0.212 e. The van der Waals surface area contributed by atoms with E-state index in [0.29, 0.717) is 17.3 Å². The Balaban J connectivity index is 1.86. The molecule has 4 rings (SSSR count). The van der Waals surface area contributed by atoms with Gasteiger partial charge in [-0.25, -0.2) is 0 Å². The molecule has 0 aliphatic heterocycles. The highest BCUT2D eigenvalue weighted by Gasteiger charge is 2.14. The number of anilines is 2. The van der Waals surface area contributed by atoms with Gasteiger partial charge in [-0.05, 0) is 35.0 Å². The van der Waals surface area contributed by atoms with Crippen LogP contribution in [0.4, 0.5) is 11.6 Å². The van der Waals surface area contributed by atoms with Gasteiger partial charge in [0.1, 0.15) is 11.1 Å². The molecule has 1 N–H and O–H groups in total. The number of aldehydes is 1. The fourth-order valence-corrected chi connectivity index (χ4v) is 2.75. The fraction of sp³-hybridized carbons (Fsp3) is 0. The molecule has 1 heterocycles. The molecule has 3 aromatic carbocycles. The topological polar surface area (TPSA) is 59.3 Å². The molecule has 4 nitrogen and oxygen atoms in total. The van der Waals surface area contributed by atoms with Crippen molar-refractivity contribution in [3.63, 3.8) is 0 Å². The van der Waals surface area contributed by atoms with Crippen LogP contribution in [-0.2, 0) is 0 Å². The van der Waals surface area contributed by atoms with E-state index >= 15 is 0 Å². The molecule has 0 fully saturated rings. The van der Waals surface area contributed by atoms with Crippen molar-refractivity contribution in [1.29, 1.82) is 0 Å². The third-order valence-corrected chi connectivity index (χ3v) is 3.96. The molecule has 0 amide bonds. The molecule has 0 bridgehead atoms. The predicted molar refractivity (Wildman–Crippen MR) is 95.1 cm³/mol. The highest BCUT2D eigenvalue weighted by atomic mass is 16.3. The highest BCUT2D eigenvalue weighted by molar-refractivity contribution is 5.91. The third kappa shape index (κ3) is 2.34. The lowest BCUT2D eigenvalue weighted by atomic mass is 10.1. The van der Waals surface area contributed by atoms with E-state index in [2.05, 4.69) is 5.32 Å². The number of hydrogen-bond donors (Lipinski definition) is 1. The van der Waals surface area contributed by atoms with Crippen molar-refractivity contribution < 1.29 is 9.21 Å². The van der Waals surface area contributed by atoms with Gasteiger partial charge in [-0.1, -0.05) is 42.5 Å². The maximum absolute atomic E-state index is 12.5. The van der Waals surface area contributed by atoms with Crippen LogP contribution in [0, 0.1) is 0 Å². The molecule has 0 atom stereocenters. The number of hydrogen-bond acceptors (Lipinski definition) is 4. The van der Waals surface area contributed by atoms with Gasteiger partial charge in [0.25, 0.3) is 0 Å². The first-order valence-corrected chi connectivity index (χ1v) is 7.53. The van der Waals surface area contributed by atoms with Crippen molar-refractivity contribution in [2.24, 2.45) is 0 Å². The van der Waals surface area contributed by atoms with Crippen LogP contribution in [0.2, 0.25) is 0 Å². The van der Waals surface area contributed by atoms with E-state index in [1.807, 2.05) is 42.5 Å². The molecule has 24 heavy (non-hydrogen) atoms. The lowest BCUT2D eigenvalue weighted by Crippen LogP contribution is -2.11. The number of benzene rings is 3. The summed E-state index contributed by atoms with van der Waals surface area (Å²) in [6.45, 7) is 0. The maximum atomic E-state index is 12.5. The Labute approximate surface area is 137 Å². The molecule has 1 aromatic heterocycles. The minimum Gasteiger partial charge on any atom is -0.439 e. The molecular weight excluding hydrogens is 302 g/mol. The molecule has 0 unspecified atom stereocenters. The molecular formula is C20H13NO3. The Kier molecular flexibility index (Phi) is 3.35. The summed E-state index contributed by atoms with van der Waals surface area (Å²) >= 11 is 0. The zero-order valence-corrected chi connectivity index (χ0v) is 12.7. The summed E-state index contributed by atoms with van der Waals surface area (Å²) in [5.41, 5.74) is 0.837. The third-order valence-electron chi connectivity index (χ3n) is 3.96. The van der Waals surface area contributed by atoms with E-state index in [1.165, 1.54) is 0 Å². The van der Waals surface area contributed by atoms with Crippen LogP contribution < -0.4 is 10.7 Å². The normalized spacial score (nSPS) is 10.8. The van der Waals surface area contributed by atoms with Gasteiger partial charge in [0, 0.05) is 5.69 Å². The van der Waals surface area contributed by atoms with Crippen LogP contribution in [0.3, 0.4) is 0 Å². The summed E-state index contributed by atoms with van der Waals surface area (Å²) in [5.74, 6) is 0.156. The van der Waals surface area contributed by atoms with Crippen LogP contribution in [0.5, 0.6) is 0 Å². The van der Waals surface area contributed by atoms with E-state index in [9.17, 15) is 9.59 Å². The Morgan fingerprint density at radius 1 is 0.875 bits per heavy atom. The van der Waals surface area contributed by atoms with Gasteiger partial charge in [-0.2, -0.15) is 0 Å². The van der Waals surface area contributed by atoms with Gasteiger partial charge in [0.15, 0.2) is 6.29 Å². The van der Waals surface area contributed by atoms with E-state index in [1.54, 1.807) is 24.3 Å². The first kappa shape index (κ1) is 14.2. The van der Waals surface area contributed by atoms with Crippen molar-refractivity contribution in [1.82, 2.24) is 0 Å². The average molecular weight is 315 g/mol. The minimum absolute atomic E-state index is 0.0122. The number of fused-ring (bicyclic) bond motifs is 2. The van der Waals surface area contributed by atoms with Gasteiger partial charge >= 0.3 is 0 Å². The number of nitrogens with one attached hydrogen (secondary N) is 1. The second-order valence-electron chi connectivity index (χ2n) is 5.47. The second-order valence-corrected chi connectivity index (χ2v) is 5.47. The zero-order chi connectivity index (χ0) is 16.5. The molecule has 0 saturated heterocycles. The van der Waals surface area contributed by atoms with Gasteiger partial charge in [-0.15, -0.1) is 0 Å². The largest absolute Gasteiger partial charge is 0.439 e. The first-order valence-electron chi connectivity index (χ1n) is 7.53. The standard InChI is InChI=1S/C20H13NO3/c22-12-17-19(23)16-7-3-4-8-18(16)24-20(17)21-15-10-9-13-5-1-2-6-14(13)11-15/h1-12,21H. The summed E-state index contributed by atoms with van der Waals surface area (Å²) in [6, 6.07) is 20.6. The number of carbonyl (C=O) groups is 1. The van der Waals surface area contributed by atoms with Crippen molar-refractivity contribution >= 4 is 39.6 Å². The zero-order valence-electron chi connectivity index (χ0n) is 12.7. The van der Waals surface area contributed by atoms with E-state index in [4.69, 9.17) is 4.42 Å². The monoisotopic (exact) mass is 315 g/mol. The molecule has 4 aromatic rings. The average Bonchev–Trinajstić information content (AvgIpc) is 2.62. The Morgan fingerprint density at radius 2 is 1.62 bits per heavy atom. The van der Waals surface area contributed by atoms with Crippen molar-refractivity contribution in [2.75, 3.05) is 5.32 Å². The Bertz CT molecular complexity index is 1130. The quantitative estimate of drug-likeness (QED) is 0.565. The molecule has 0 aliphatic carbocycles. The summed E-state index contributed by atoms with van der Waals surface area (Å²) in [6.07, 6.45) is 0.529. The SMILES string of the molecule is O=Cc1c(Nc2ccc3ccccc3c2)oc2ccccc2c1=O. The fourth-order valence-electron chi connectivity index (χ4n) is 2.75. The summed E-state index contributed by atoms with van der Waals surface area (Å²) < 4.78 is 5.74.